The quantitative estimate of drug-likeness (QED) is 0.506. The molecule has 0 radical (unpaired) electrons. The third-order valence-corrected chi connectivity index (χ3v) is 5.27. The number of aromatic nitrogens is 1. The molecule has 0 aliphatic rings. The lowest BCUT2D eigenvalue weighted by Crippen LogP contribution is -2.36. The average Bonchev–Trinajstić information content (AvgIpc) is 3.12. The second-order valence-electron chi connectivity index (χ2n) is 6.63. The van der Waals surface area contributed by atoms with Gasteiger partial charge in [-0.1, -0.05) is 29.5 Å². The molecule has 1 heterocycles. The van der Waals surface area contributed by atoms with Crippen molar-refractivity contribution in [2.24, 2.45) is 0 Å². The summed E-state index contributed by atoms with van der Waals surface area (Å²) in [4.78, 5) is 21.4. The summed E-state index contributed by atoms with van der Waals surface area (Å²) in [6.45, 7) is 1.46. The number of hydrogen-bond acceptors (Lipinski definition) is 6. The van der Waals surface area contributed by atoms with Gasteiger partial charge in [0.25, 0.3) is 5.91 Å². The maximum Gasteiger partial charge on any atom is 0.266 e. The molecular formula is C21H26ClN3O3S. The normalized spacial score (nSPS) is 10.6. The number of amides is 1. The van der Waals surface area contributed by atoms with Crippen molar-refractivity contribution < 1.29 is 14.3 Å². The lowest BCUT2D eigenvalue weighted by molar-refractivity contribution is -0.120. The molecule has 156 valence electrons. The molecule has 1 amide bonds. The number of anilines is 1. The van der Waals surface area contributed by atoms with Gasteiger partial charge in [-0.25, -0.2) is 4.98 Å². The fourth-order valence-electron chi connectivity index (χ4n) is 2.75. The molecular weight excluding hydrogens is 410 g/mol. The van der Waals surface area contributed by atoms with Crippen molar-refractivity contribution in [2.45, 2.75) is 6.42 Å². The lowest BCUT2D eigenvalue weighted by Gasteiger charge is -2.21. The van der Waals surface area contributed by atoms with E-state index >= 15 is 0 Å². The Kier molecular flexibility index (Phi) is 8.70. The van der Waals surface area contributed by atoms with Crippen LogP contribution in [0.2, 0.25) is 0 Å². The standard InChI is InChI=1S/C21H25N3O3S.ClH/c1-23(2)12-7-13-24(20(25)15-27-16-8-5-4-6-9-16)21-22-18-14-17(26-3)10-11-19(18)28-21;/h4-6,8-11,14H,7,12-13,15H2,1-3H3;1H. The molecule has 0 bridgehead atoms. The van der Waals surface area contributed by atoms with Crippen LogP contribution >= 0.6 is 23.7 Å². The van der Waals surface area contributed by atoms with E-state index in [9.17, 15) is 4.79 Å². The van der Waals surface area contributed by atoms with Crippen molar-refractivity contribution >= 4 is 45.0 Å². The molecule has 0 saturated carbocycles. The van der Waals surface area contributed by atoms with E-state index in [0.717, 1.165) is 28.9 Å². The summed E-state index contributed by atoms with van der Waals surface area (Å²) in [5.74, 6) is 1.33. The van der Waals surface area contributed by atoms with Gasteiger partial charge in [0.05, 0.1) is 17.3 Å². The number of carbonyl (C=O) groups is 1. The van der Waals surface area contributed by atoms with E-state index in [1.807, 2.05) is 62.6 Å². The van der Waals surface area contributed by atoms with Crippen LogP contribution in [0.3, 0.4) is 0 Å². The molecule has 0 aliphatic carbocycles. The summed E-state index contributed by atoms with van der Waals surface area (Å²) in [6, 6.07) is 15.1. The van der Waals surface area contributed by atoms with Crippen LogP contribution in [0.5, 0.6) is 11.5 Å². The molecule has 3 aromatic rings. The fraction of sp³-hybridized carbons (Fsp3) is 0.333. The second-order valence-corrected chi connectivity index (χ2v) is 7.64. The minimum Gasteiger partial charge on any atom is -0.497 e. The van der Waals surface area contributed by atoms with E-state index in [4.69, 9.17) is 9.47 Å². The third kappa shape index (κ3) is 6.32. The number of halogens is 1. The number of methoxy groups -OCH3 is 1. The molecule has 8 heteroatoms. The van der Waals surface area contributed by atoms with Crippen molar-refractivity contribution in [2.75, 3.05) is 45.8 Å². The molecule has 0 atom stereocenters. The van der Waals surface area contributed by atoms with Crippen molar-refractivity contribution in [3.63, 3.8) is 0 Å². The third-order valence-electron chi connectivity index (χ3n) is 4.21. The SMILES string of the molecule is COc1ccc2sc(N(CCCN(C)C)C(=O)COc3ccccc3)nc2c1.Cl. The maximum absolute atomic E-state index is 12.9. The number of carbonyl (C=O) groups excluding carboxylic acids is 1. The molecule has 1 aromatic heterocycles. The minimum atomic E-state index is -0.103. The highest BCUT2D eigenvalue weighted by atomic mass is 35.5. The van der Waals surface area contributed by atoms with E-state index in [2.05, 4.69) is 9.88 Å². The summed E-state index contributed by atoms with van der Waals surface area (Å²) >= 11 is 1.50. The number of thiazole rings is 1. The second kappa shape index (κ2) is 11.0. The highest BCUT2D eigenvalue weighted by molar-refractivity contribution is 7.22. The van der Waals surface area contributed by atoms with Crippen molar-refractivity contribution in [1.82, 2.24) is 9.88 Å². The number of nitrogens with zero attached hydrogens (tertiary/aromatic N) is 3. The Labute approximate surface area is 181 Å². The molecule has 0 N–H and O–H groups in total. The Morgan fingerprint density at radius 2 is 1.83 bits per heavy atom. The van der Waals surface area contributed by atoms with Gasteiger partial charge in [0.2, 0.25) is 0 Å². The first-order valence-corrected chi connectivity index (χ1v) is 9.96. The lowest BCUT2D eigenvalue weighted by atomic mass is 10.3. The number of benzene rings is 2. The van der Waals surface area contributed by atoms with Gasteiger partial charge >= 0.3 is 0 Å². The summed E-state index contributed by atoms with van der Waals surface area (Å²) in [5.41, 5.74) is 0.828. The number of ether oxygens (including phenoxy) is 2. The summed E-state index contributed by atoms with van der Waals surface area (Å²) in [5, 5.41) is 0.684. The Hall–Kier alpha value is -2.35. The monoisotopic (exact) mass is 435 g/mol. The van der Waals surface area contributed by atoms with Gasteiger partial charge in [0.1, 0.15) is 11.5 Å². The Morgan fingerprint density at radius 1 is 1.07 bits per heavy atom. The largest absolute Gasteiger partial charge is 0.497 e. The zero-order valence-electron chi connectivity index (χ0n) is 16.8. The highest BCUT2D eigenvalue weighted by Gasteiger charge is 2.20. The summed E-state index contributed by atoms with van der Waals surface area (Å²) in [7, 11) is 5.68. The van der Waals surface area contributed by atoms with Crippen LogP contribution < -0.4 is 14.4 Å². The molecule has 3 rings (SSSR count). The van der Waals surface area contributed by atoms with Crippen LogP contribution in [-0.4, -0.2) is 56.7 Å². The molecule has 0 fully saturated rings. The van der Waals surface area contributed by atoms with Crippen LogP contribution in [0.25, 0.3) is 10.2 Å². The molecule has 0 unspecified atom stereocenters. The van der Waals surface area contributed by atoms with Crippen molar-refractivity contribution in [3.05, 3.63) is 48.5 Å². The van der Waals surface area contributed by atoms with Crippen LogP contribution in [0.4, 0.5) is 5.13 Å². The van der Waals surface area contributed by atoms with Gasteiger partial charge in [-0.2, -0.15) is 0 Å². The molecule has 6 nitrogen and oxygen atoms in total. The Morgan fingerprint density at radius 3 is 2.52 bits per heavy atom. The molecule has 0 aliphatic heterocycles. The van der Waals surface area contributed by atoms with E-state index < -0.39 is 0 Å². The van der Waals surface area contributed by atoms with Crippen LogP contribution in [0, 0.1) is 0 Å². The molecule has 29 heavy (non-hydrogen) atoms. The number of rotatable bonds is 9. The smallest absolute Gasteiger partial charge is 0.266 e. The van der Waals surface area contributed by atoms with Gasteiger partial charge in [-0.05, 0) is 51.3 Å². The zero-order chi connectivity index (χ0) is 19.9. The van der Waals surface area contributed by atoms with Gasteiger partial charge in [-0.15, -0.1) is 12.4 Å². The molecule has 2 aromatic carbocycles. The first-order valence-electron chi connectivity index (χ1n) is 9.14. The zero-order valence-corrected chi connectivity index (χ0v) is 18.5. The van der Waals surface area contributed by atoms with Crippen LogP contribution in [0.15, 0.2) is 48.5 Å². The molecule has 0 spiro atoms. The van der Waals surface area contributed by atoms with E-state index in [0.29, 0.717) is 17.4 Å². The summed E-state index contributed by atoms with van der Waals surface area (Å²) in [6.07, 6.45) is 0.851. The minimum absolute atomic E-state index is 0. The van der Waals surface area contributed by atoms with Crippen LogP contribution in [-0.2, 0) is 4.79 Å². The number of hydrogen-bond donors (Lipinski definition) is 0. The number of fused-ring (bicyclic) bond motifs is 1. The van der Waals surface area contributed by atoms with Gasteiger partial charge in [0.15, 0.2) is 11.7 Å². The number of para-hydroxylation sites is 1. The van der Waals surface area contributed by atoms with Gasteiger partial charge in [-0.3, -0.25) is 9.69 Å². The van der Waals surface area contributed by atoms with Gasteiger partial charge in [0, 0.05) is 12.6 Å². The fourth-order valence-corrected chi connectivity index (χ4v) is 3.74. The van der Waals surface area contributed by atoms with Crippen LogP contribution in [0.1, 0.15) is 6.42 Å². The van der Waals surface area contributed by atoms with Crippen molar-refractivity contribution in [1.29, 1.82) is 0 Å². The van der Waals surface area contributed by atoms with E-state index in [1.165, 1.54) is 11.3 Å². The Balaban J connectivity index is 0.00000300. The first-order chi connectivity index (χ1) is 13.6. The highest BCUT2D eigenvalue weighted by Crippen LogP contribution is 2.31. The predicted molar refractivity (Wildman–Crippen MR) is 121 cm³/mol. The first kappa shape index (κ1) is 22.9. The Bertz CT molecular complexity index is 918. The average molecular weight is 436 g/mol. The topological polar surface area (TPSA) is 54.9 Å². The predicted octanol–water partition coefficient (Wildman–Crippen LogP) is 4.09. The van der Waals surface area contributed by atoms with E-state index in [1.54, 1.807) is 12.0 Å². The van der Waals surface area contributed by atoms with E-state index in [-0.39, 0.29) is 24.9 Å². The van der Waals surface area contributed by atoms with Gasteiger partial charge < -0.3 is 14.4 Å². The maximum atomic E-state index is 12.9. The van der Waals surface area contributed by atoms with Crippen molar-refractivity contribution in [3.8, 4) is 11.5 Å². The summed E-state index contributed by atoms with van der Waals surface area (Å²) < 4.78 is 12.0. The molecule has 0 saturated heterocycles.